The number of hydrogen-bond donors (Lipinski definition) is 0. The fraction of sp³-hybridized carbons (Fsp3) is 0.364. The van der Waals surface area contributed by atoms with Gasteiger partial charge in [-0.05, 0) is 43.0 Å². The van der Waals surface area contributed by atoms with Crippen molar-refractivity contribution >= 4 is 28.1 Å². The standard InChI is InChI=1S/C22H24N4O2/c1-27-20-12-17-18(13-21(20)28-2)23-14-24-22(17)26-10-7-15-5-6-16(11-19(15)26)25-8-3-4-9-25/h5-6,11-14H,3-4,7-10H2,1-2H3. The Morgan fingerprint density at radius 1 is 0.893 bits per heavy atom. The predicted molar refractivity (Wildman–Crippen MR) is 111 cm³/mol. The third-order valence-corrected chi connectivity index (χ3v) is 5.81. The van der Waals surface area contributed by atoms with Gasteiger partial charge in [-0.3, -0.25) is 0 Å². The van der Waals surface area contributed by atoms with E-state index in [9.17, 15) is 0 Å². The number of ether oxygens (including phenoxy) is 2. The van der Waals surface area contributed by atoms with Crippen molar-refractivity contribution in [2.75, 3.05) is 43.7 Å². The predicted octanol–water partition coefficient (Wildman–Crippen LogP) is 3.94. The first-order valence-electron chi connectivity index (χ1n) is 9.80. The molecule has 0 amide bonds. The van der Waals surface area contributed by atoms with E-state index in [0.29, 0.717) is 11.5 Å². The summed E-state index contributed by atoms with van der Waals surface area (Å²) in [6.07, 6.45) is 5.21. The smallest absolute Gasteiger partial charge is 0.162 e. The Morgan fingerprint density at radius 2 is 1.68 bits per heavy atom. The van der Waals surface area contributed by atoms with Crippen molar-refractivity contribution in [2.24, 2.45) is 0 Å². The van der Waals surface area contributed by atoms with Crippen LogP contribution in [0.5, 0.6) is 11.5 Å². The number of methoxy groups -OCH3 is 2. The first kappa shape index (κ1) is 17.1. The molecule has 0 saturated carbocycles. The number of anilines is 3. The minimum absolute atomic E-state index is 0.679. The minimum atomic E-state index is 0.679. The molecule has 3 heterocycles. The van der Waals surface area contributed by atoms with E-state index in [1.807, 2.05) is 12.1 Å². The van der Waals surface area contributed by atoms with Crippen molar-refractivity contribution in [3.63, 3.8) is 0 Å². The number of nitrogens with zero attached hydrogens (tertiary/aromatic N) is 4. The summed E-state index contributed by atoms with van der Waals surface area (Å²) >= 11 is 0. The lowest BCUT2D eigenvalue weighted by molar-refractivity contribution is 0.356. The molecule has 0 aliphatic carbocycles. The lowest BCUT2D eigenvalue weighted by atomic mass is 10.1. The molecular formula is C22H24N4O2. The van der Waals surface area contributed by atoms with E-state index in [-0.39, 0.29) is 0 Å². The molecule has 0 radical (unpaired) electrons. The highest BCUT2D eigenvalue weighted by molar-refractivity contribution is 5.94. The van der Waals surface area contributed by atoms with Gasteiger partial charge in [-0.15, -0.1) is 0 Å². The normalized spacial score (nSPS) is 15.9. The van der Waals surface area contributed by atoms with Crippen LogP contribution in [0.15, 0.2) is 36.7 Å². The molecule has 1 fully saturated rings. The van der Waals surface area contributed by atoms with Gasteiger partial charge in [0.2, 0.25) is 0 Å². The van der Waals surface area contributed by atoms with Crippen LogP contribution in [0.4, 0.5) is 17.2 Å². The molecule has 3 aromatic rings. The highest BCUT2D eigenvalue weighted by Gasteiger charge is 2.25. The molecule has 0 N–H and O–H groups in total. The molecule has 2 aliphatic rings. The second-order valence-corrected chi connectivity index (χ2v) is 7.33. The maximum absolute atomic E-state index is 5.51. The van der Waals surface area contributed by atoms with Crippen LogP contribution >= 0.6 is 0 Å². The lowest BCUT2D eigenvalue weighted by Gasteiger charge is -2.23. The van der Waals surface area contributed by atoms with Gasteiger partial charge in [0, 0.05) is 42.5 Å². The van der Waals surface area contributed by atoms with Crippen LogP contribution in [0.3, 0.4) is 0 Å². The monoisotopic (exact) mass is 376 g/mol. The Hall–Kier alpha value is -3.02. The van der Waals surface area contributed by atoms with Gasteiger partial charge >= 0.3 is 0 Å². The summed E-state index contributed by atoms with van der Waals surface area (Å²) in [5.41, 5.74) is 4.78. The Bertz CT molecular complexity index is 1030. The van der Waals surface area contributed by atoms with Crippen LogP contribution in [0.1, 0.15) is 18.4 Å². The van der Waals surface area contributed by atoms with E-state index in [1.54, 1.807) is 20.5 Å². The van der Waals surface area contributed by atoms with Crippen LogP contribution in [-0.4, -0.2) is 43.8 Å². The zero-order valence-electron chi connectivity index (χ0n) is 16.3. The van der Waals surface area contributed by atoms with E-state index in [0.717, 1.165) is 42.8 Å². The summed E-state index contributed by atoms with van der Waals surface area (Å²) in [7, 11) is 3.29. The number of rotatable bonds is 4. The van der Waals surface area contributed by atoms with Crippen molar-refractivity contribution in [2.45, 2.75) is 19.3 Å². The van der Waals surface area contributed by atoms with Gasteiger partial charge in [0.15, 0.2) is 11.5 Å². The molecule has 0 spiro atoms. The third kappa shape index (κ3) is 2.71. The summed E-state index contributed by atoms with van der Waals surface area (Å²) in [4.78, 5) is 13.9. The van der Waals surface area contributed by atoms with E-state index >= 15 is 0 Å². The SMILES string of the molecule is COc1cc2ncnc(N3CCc4ccc(N5CCCC5)cc43)c2cc1OC. The van der Waals surface area contributed by atoms with E-state index in [4.69, 9.17) is 9.47 Å². The Labute approximate surface area is 164 Å². The highest BCUT2D eigenvalue weighted by atomic mass is 16.5. The molecule has 0 bridgehead atoms. The quantitative estimate of drug-likeness (QED) is 0.687. The van der Waals surface area contributed by atoms with E-state index in [2.05, 4.69) is 38.0 Å². The van der Waals surface area contributed by atoms with Gasteiger partial charge in [0.1, 0.15) is 12.1 Å². The van der Waals surface area contributed by atoms with E-state index < -0.39 is 0 Å². The first-order valence-corrected chi connectivity index (χ1v) is 9.80. The molecule has 144 valence electrons. The highest BCUT2D eigenvalue weighted by Crippen LogP contribution is 2.41. The van der Waals surface area contributed by atoms with Crippen molar-refractivity contribution in [1.29, 1.82) is 0 Å². The minimum Gasteiger partial charge on any atom is -0.493 e. The summed E-state index contributed by atoms with van der Waals surface area (Å²) in [6, 6.07) is 10.8. The molecule has 2 aliphatic heterocycles. The summed E-state index contributed by atoms with van der Waals surface area (Å²) in [6.45, 7) is 3.21. The van der Waals surface area contributed by atoms with Crippen LogP contribution in [0.25, 0.3) is 10.9 Å². The maximum Gasteiger partial charge on any atom is 0.162 e. The Kier molecular flexibility index (Phi) is 4.19. The number of aromatic nitrogens is 2. The molecule has 1 aromatic heterocycles. The molecule has 6 heteroatoms. The average Bonchev–Trinajstić information content (AvgIpc) is 3.41. The van der Waals surface area contributed by atoms with Gasteiger partial charge in [0.05, 0.1) is 19.7 Å². The topological polar surface area (TPSA) is 50.7 Å². The van der Waals surface area contributed by atoms with Gasteiger partial charge < -0.3 is 19.3 Å². The van der Waals surface area contributed by atoms with E-state index in [1.165, 1.54) is 29.8 Å². The second-order valence-electron chi connectivity index (χ2n) is 7.33. The van der Waals surface area contributed by atoms with Crippen LogP contribution < -0.4 is 19.3 Å². The van der Waals surface area contributed by atoms with Crippen molar-refractivity contribution in [3.05, 3.63) is 42.2 Å². The van der Waals surface area contributed by atoms with Crippen LogP contribution in [0.2, 0.25) is 0 Å². The third-order valence-electron chi connectivity index (χ3n) is 5.81. The summed E-state index contributed by atoms with van der Waals surface area (Å²) in [5.74, 6) is 2.29. The summed E-state index contributed by atoms with van der Waals surface area (Å²) in [5, 5.41) is 0.972. The second kappa shape index (κ2) is 6.86. The molecule has 5 rings (SSSR count). The number of benzene rings is 2. The number of hydrogen-bond acceptors (Lipinski definition) is 6. The van der Waals surface area contributed by atoms with Crippen LogP contribution in [-0.2, 0) is 6.42 Å². The largest absolute Gasteiger partial charge is 0.493 e. The average molecular weight is 376 g/mol. The fourth-order valence-electron chi connectivity index (χ4n) is 4.34. The molecule has 6 nitrogen and oxygen atoms in total. The molecule has 0 atom stereocenters. The number of fused-ring (bicyclic) bond motifs is 2. The van der Waals surface area contributed by atoms with Crippen molar-refractivity contribution in [1.82, 2.24) is 9.97 Å². The Balaban J connectivity index is 1.61. The molecule has 0 unspecified atom stereocenters. The zero-order chi connectivity index (χ0) is 19.1. The van der Waals surface area contributed by atoms with Gasteiger partial charge in [0.25, 0.3) is 0 Å². The summed E-state index contributed by atoms with van der Waals surface area (Å²) < 4.78 is 10.9. The first-order chi connectivity index (χ1) is 13.8. The van der Waals surface area contributed by atoms with Gasteiger partial charge in [-0.1, -0.05) is 6.07 Å². The maximum atomic E-state index is 5.51. The Morgan fingerprint density at radius 3 is 2.46 bits per heavy atom. The lowest BCUT2D eigenvalue weighted by Crippen LogP contribution is -2.19. The molecule has 1 saturated heterocycles. The zero-order valence-corrected chi connectivity index (χ0v) is 16.3. The van der Waals surface area contributed by atoms with Gasteiger partial charge in [-0.2, -0.15) is 0 Å². The molecule has 28 heavy (non-hydrogen) atoms. The van der Waals surface area contributed by atoms with Crippen molar-refractivity contribution < 1.29 is 9.47 Å². The van der Waals surface area contributed by atoms with Crippen LogP contribution in [0, 0.1) is 0 Å². The fourth-order valence-corrected chi connectivity index (χ4v) is 4.34. The molecular weight excluding hydrogens is 352 g/mol. The van der Waals surface area contributed by atoms with Crippen molar-refractivity contribution in [3.8, 4) is 11.5 Å². The van der Waals surface area contributed by atoms with Gasteiger partial charge in [-0.25, -0.2) is 9.97 Å². The molecule has 2 aromatic carbocycles.